The highest BCUT2D eigenvalue weighted by molar-refractivity contribution is 6.03. The Morgan fingerprint density at radius 3 is 2.32 bits per heavy atom. The molecule has 2 amide bonds. The third kappa shape index (κ3) is 1.98. The lowest BCUT2D eigenvalue weighted by molar-refractivity contribution is -0.144. The van der Waals surface area contributed by atoms with E-state index in [1.807, 2.05) is 12.1 Å². The van der Waals surface area contributed by atoms with Crippen molar-refractivity contribution in [3.8, 4) is 12.1 Å². The van der Waals surface area contributed by atoms with Crippen LogP contribution in [-0.4, -0.2) is 11.8 Å². The number of nitriles is 2. The van der Waals surface area contributed by atoms with E-state index in [4.69, 9.17) is 14.9 Å². The number of nitrogens with zero attached hydrogens (tertiary/aromatic N) is 2. The normalized spacial score (nSPS) is 30.3. The van der Waals surface area contributed by atoms with Gasteiger partial charge in [-0.05, 0) is 12.1 Å². The maximum absolute atomic E-state index is 11.7. The maximum Gasteiger partial charge on any atom is 0.244 e. The van der Waals surface area contributed by atoms with Gasteiger partial charge in [0.1, 0.15) is 17.6 Å². The molecule has 96 valence electrons. The molecule has 6 nitrogen and oxygen atoms in total. The minimum absolute atomic E-state index is 0.176. The molecule has 19 heavy (non-hydrogen) atoms. The molecule has 1 fully saturated rings. The first-order valence-corrected chi connectivity index (χ1v) is 5.69. The Balaban J connectivity index is 2.45. The van der Waals surface area contributed by atoms with E-state index in [9.17, 15) is 9.59 Å². The molecular weight excluding hydrogens is 246 g/mol. The largest absolute Gasteiger partial charge is 0.469 e. The van der Waals surface area contributed by atoms with Gasteiger partial charge < -0.3 is 4.42 Å². The van der Waals surface area contributed by atoms with E-state index < -0.39 is 29.1 Å². The predicted molar refractivity (Wildman–Crippen MR) is 61.9 cm³/mol. The van der Waals surface area contributed by atoms with Gasteiger partial charge in [-0.2, -0.15) is 10.5 Å². The van der Waals surface area contributed by atoms with Gasteiger partial charge in [0.2, 0.25) is 11.8 Å². The van der Waals surface area contributed by atoms with Crippen LogP contribution in [0.2, 0.25) is 0 Å². The molecule has 1 aliphatic heterocycles. The number of carbonyl (C=O) groups is 2. The molecule has 0 aromatic carbocycles. The van der Waals surface area contributed by atoms with E-state index in [1.54, 1.807) is 19.1 Å². The van der Waals surface area contributed by atoms with Crippen LogP contribution < -0.4 is 5.32 Å². The second-order valence-electron chi connectivity index (χ2n) is 4.74. The first-order chi connectivity index (χ1) is 9.02. The van der Waals surface area contributed by atoms with Crippen molar-refractivity contribution in [2.45, 2.75) is 13.3 Å². The van der Waals surface area contributed by atoms with E-state index >= 15 is 0 Å². The minimum atomic E-state index is -1.10. The van der Waals surface area contributed by atoms with Gasteiger partial charge in [-0.25, -0.2) is 0 Å². The van der Waals surface area contributed by atoms with Gasteiger partial charge in [0.15, 0.2) is 0 Å². The number of amides is 2. The number of furan rings is 1. The number of carbonyl (C=O) groups excluding carboxylic acids is 2. The quantitative estimate of drug-likeness (QED) is 0.787. The molecule has 2 atom stereocenters. The van der Waals surface area contributed by atoms with Gasteiger partial charge in [0.25, 0.3) is 0 Å². The van der Waals surface area contributed by atoms with Crippen molar-refractivity contribution < 1.29 is 14.0 Å². The number of rotatable bonds is 2. The molecule has 2 heterocycles. The average molecular weight is 257 g/mol. The molecule has 1 aromatic rings. The van der Waals surface area contributed by atoms with Crippen LogP contribution in [0.3, 0.4) is 0 Å². The van der Waals surface area contributed by atoms with Gasteiger partial charge >= 0.3 is 0 Å². The second kappa shape index (κ2) is 4.58. The van der Waals surface area contributed by atoms with Gasteiger partial charge in [-0.1, -0.05) is 6.92 Å². The Hall–Kier alpha value is -2.60. The Bertz CT molecular complexity index is 560. The molecular formula is C13H11N3O3. The van der Waals surface area contributed by atoms with Crippen LogP contribution in [-0.2, 0) is 16.0 Å². The van der Waals surface area contributed by atoms with Crippen molar-refractivity contribution in [3.05, 3.63) is 24.2 Å². The maximum atomic E-state index is 11.7. The Kier molecular flexibility index (Phi) is 3.10. The van der Waals surface area contributed by atoms with Crippen LogP contribution in [0, 0.1) is 39.9 Å². The molecule has 6 heteroatoms. The topological polar surface area (TPSA) is 107 Å². The summed E-state index contributed by atoms with van der Waals surface area (Å²) < 4.78 is 5.20. The first-order valence-electron chi connectivity index (χ1n) is 5.69. The summed E-state index contributed by atoms with van der Waals surface area (Å²) in [4.78, 5) is 23.5. The third-order valence-corrected chi connectivity index (χ3v) is 3.48. The van der Waals surface area contributed by atoms with Gasteiger partial charge in [0.05, 0.1) is 18.4 Å². The van der Waals surface area contributed by atoms with Crippen LogP contribution in [0.4, 0.5) is 0 Å². The van der Waals surface area contributed by atoms with E-state index in [1.165, 1.54) is 6.26 Å². The summed E-state index contributed by atoms with van der Waals surface area (Å²) in [6.45, 7) is 1.59. The summed E-state index contributed by atoms with van der Waals surface area (Å²) in [5.74, 6) is -2.92. The SMILES string of the molecule is CC1(Cc2ccco2)C(C#N)C(=O)NC(=O)C1C#N. The zero-order chi connectivity index (χ0) is 14.0. The molecule has 2 unspecified atom stereocenters. The highest BCUT2D eigenvalue weighted by Crippen LogP contribution is 2.41. The van der Waals surface area contributed by atoms with Crippen LogP contribution >= 0.6 is 0 Å². The summed E-state index contributed by atoms with van der Waals surface area (Å²) in [5, 5.41) is 20.4. The predicted octanol–water partition coefficient (Wildman–Crippen LogP) is 0.764. The van der Waals surface area contributed by atoms with E-state index in [2.05, 4.69) is 5.32 Å². The lowest BCUT2D eigenvalue weighted by Gasteiger charge is -2.38. The van der Waals surface area contributed by atoms with Crippen molar-refractivity contribution in [2.75, 3.05) is 0 Å². The van der Waals surface area contributed by atoms with Gasteiger partial charge in [-0.3, -0.25) is 14.9 Å². The average Bonchev–Trinajstić information content (AvgIpc) is 2.81. The minimum Gasteiger partial charge on any atom is -0.469 e. The van der Waals surface area contributed by atoms with Crippen molar-refractivity contribution in [1.82, 2.24) is 5.32 Å². The van der Waals surface area contributed by atoms with Crippen molar-refractivity contribution in [2.24, 2.45) is 17.3 Å². The molecule has 1 saturated heterocycles. The number of piperidine rings is 1. The Morgan fingerprint density at radius 2 is 1.89 bits per heavy atom. The molecule has 1 aromatic heterocycles. The molecule has 0 radical (unpaired) electrons. The fourth-order valence-electron chi connectivity index (χ4n) is 2.44. The standard InChI is InChI=1S/C13H11N3O3/c1-13(5-8-3-2-4-19-8)9(6-14)11(17)16-12(18)10(13)7-15/h2-4,9-10H,5H2,1H3,(H,16,17,18). The monoisotopic (exact) mass is 257 g/mol. The molecule has 0 bridgehead atoms. The van der Waals surface area contributed by atoms with Crippen molar-refractivity contribution >= 4 is 11.8 Å². The first kappa shape index (κ1) is 12.8. The lowest BCUT2D eigenvalue weighted by Crippen LogP contribution is -2.57. The third-order valence-electron chi connectivity index (χ3n) is 3.48. The number of nitrogens with one attached hydrogen (secondary N) is 1. The zero-order valence-corrected chi connectivity index (χ0v) is 10.2. The van der Waals surface area contributed by atoms with Crippen LogP contribution in [0.25, 0.3) is 0 Å². The van der Waals surface area contributed by atoms with Gasteiger partial charge in [0, 0.05) is 11.8 Å². The molecule has 0 spiro atoms. The summed E-state index contributed by atoms with van der Waals surface area (Å²) >= 11 is 0. The Morgan fingerprint density at radius 1 is 1.32 bits per heavy atom. The smallest absolute Gasteiger partial charge is 0.244 e. The van der Waals surface area contributed by atoms with Crippen molar-refractivity contribution in [1.29, 1.82) is 10.5 Å². The zero-order valence-electron chi connectivity index (χ0n) is 10.2. The Labute approximate surface area is 109 Å². The number of hydrogen-bond acceptors (Lipinski definition) is 5. The summed E-state index contributed by atoms with van der Waals surface area (Å²) in [6, 6.07) is 7.13. The van der Waals surface area contributed by atoms with Crippen LogP contribution in [0.15, 0.2) is 22.8 Å². The summed E-state index contributed by atoms with van der Waals surface area (Å²) in [6.07, 6.45) is 1.64. The van der Waals surface area contributed by atoms with Crippen LogP contribution in [0.5, 0.6) is 0 Å². The second-order valence-corrected chi connectivity index (χ2v) is 4.74. The van der Waals surface area contributed by atoms with Crippen LogP contribution in [0.1, 0.15) is 12.7 Å². The van der Waals surface area contributed by atoms with E-state index in [0.717, 1.165) is 0 Å². The highest BCUT2D eigenvalue weighted by atomic mass is 16.3. The summed E-state index contributed by atoms with van der Waals surface area (Å²) in [5.41, 5.74) is -1.10. The molecule has 1 aliphatic rings. The molecule has 1 N–H and O–H groups in total. The molecule has 2 rings (SSSR count). The van der Waals surface area contributed by atoms with Crippen molar-refractivity contribution in [3.63, 3.8) is 0 Å². The van der Waals surface area contributed by atoms with Gasteiger partial charge in [-0.15, -0.1) is 0 Å². The number of imide groups is 1. The molecule has 0 saturated carbocycles. The molecule has 0 aliphatic carbocycles. The highest BCUT2D eigenvalue weighted by Gasteiger charge is 2.53. The summed E-state index contributed by atoms with van der Waals surface area (Å²) in [7, 11) is 0. The fraction of sp³-hybridized carbons (Fsp3) is 0.385. The van der Waals surface area contributed by atoms with E-state index in [0.29, 0.717) is 5.76 Å². The fourth-order valence-corrected chi connectivity index (χ4v) is 2.44. The number of hydrogen-bond donors (Lipinski definition) is 1. The lowest BCUT2D eigenvalue weighted by atomic mass is 9.63. The van der Waals surface area contributed by atoms with E-state index in [-0.39, 0.29) is 6.42 Å².